The molecule has 1 rings (SSSR count). The third kappa shape index (κ3) is 3.88. The number of amides is 2. The first-order chi connectivity index (χ1) is 7.63. The summed E-state index contributed by atoms with van der Waals surface area (Å²) < 4.78 is 0. The lowest BCUT2D eigenvalue weighted by atomic mass is 10.2. The molecule has 0 radical (unpaired) electrons. The van der Waals surface area contributed by atoms with Gasteiger partial charge in [-0.15, -0.1) is 0 Å². The average molecular weight is 224 g/mol. The number of benzene rings is 1. The molecule has 88 valence electrons. The van der Waals surface area contributed by atoms with E-state index in [1.165, 1.54) is 0 Å². The van der Waals surface area contributed by atoms with E-state index < -0.39 is 12.1 Å². The van der Waals surface area contributed by atoms with Gasteiger partial charge in [0.15, 0.2) is 0 Å². The van der Waals surface area contributed by atoms with Crippen LogP contribution >= 0.6 is 0 Å². The molecule has 0 aliphatic rings. The molecule has 2 amide bonds. The van der Waals surface area contributed by atoms with Gasteiger partial charge in [0.25, 0.3) is 0 Å². The molecule has 0 heterocycles. The van der Waals surface area contributed by atoms with Gasteiger partial charge in [-0.25, -0.2) is 4.79 Å². The number of aliphatic hydroxyl groups excluding tert-OH is 2. The topological polar surface area (TPSA) is 81.6 Å². The summed E-state index contributed by atoms with van der Waals surface area (Å²) in [4.78, 5) is 11.4. The number of carbonyl (C=O) groups is 1. The molecule has 0 fully saturated rings. The zero-order valence-electron chi connectivity index (χ0n) is 9.10. The first-order valence-corrected chi connectivity index (χ1v) is 5.03. The number of hydrogen-bond donors (Lipinski definition) is 4. The minimum absolute atomic E-state index is 0.0220. The first-order valence-electron chi connectivity index (χ1n) is 5.03. The van der Waals surface area contributed by atoms with Crippen molar-refractivity contribution >= 4 is 11.7 Å². The molecule has 1 atom stereocenters. The first kappa shape index (κ1) is 12.5. The van der Waals surface area contributed by atoms with E-state index in [-0.39, 0.29) is 13.2 Å². The third-order valence-corrected chi connectivity index (χ3v) is 2.10. The minimum atomic E-state index is -0.928. The molecule has 0 spiro atoms. The van der Waals surface area contributed by atoms with Gasteiger partial charge < -0.3 is 20.8 Å². The van der Waals surface area contributed by atoms with Crippen LogP contribution in [-0.2, 0) is 0 Å². The number of rotatable bonds is 4. The number of urea groups is 1. The van der Waals surface area contributed by atoms with Gasteiger partial charge in [-0.2, -0.15) is 0 Å². The molecule has 0 aliphatic carbocycles. The van der Waals surface area contributed by atoms with E-state index in [0.717, 1.165) is 11.3 Å². The number of anilines is 1. The zero-order valence-corrected chi connectivity index (χ0v) is 9.10. The molecule has 5 heteroatoms. The fourth-order valence-corrected chi connectivity index (χ4v) is 1.15. The average Bonchev–Trinajstić information content (AvgIpc) is 2.29. The number of aliphatic hydroxyl groups is 2. The molecular formula is C11H16N2O3. The summed E-state index contributed by atoms with van der Waals surface area (Å²) in [6, 6.07) is 6.98. The molecular weight excluding hydrogens is 208 g/mol. The fourth-order valence-electron chi connectivity index (χ4n) is 1.15. The highest BCUT2D eigenvalue weighted by Crippen LogP contribution is 2.12. The van der Waals surface area contributed by atoms with Crippen LogP contribution in [0, 0.1) is 6.92 Å². The Balaban J connectivity index is 2.43. The van der Waals surface area contributed by atoms with E-state index in [4.69, 9.17) is 10.2 Å². The quantitative estimate of drug-likeness (QED) is 0.600. The van der Waals surface area contributed by atoms with Crippen molar-refractivity contribution in [2.75, 3.05) is 18.5 Å². The van der Waals surface area contributed by atoms with Crippen molar-refractivity contribution in [3.05, 3.63) is 29.8 Å². The number of nitrogens with one attached hydrogen (secondary N) is 2. The largest absolute Gasteiger partial charge is 0.394 e. The summed E-state index contributed by atoms with van der Waals surface area (Å²) in [6.45, 7) is 1.54. The highest BCUT2D eigenvalue weighted by molar-refractivity contribution is 5.89. The fraction of sp³-hybridized carbons (Fsp3) is 0.364. The monoisotopic (exact) mass is 224 g/mol. The van der Waals surface area contributed by atoms with E-state index in [2.05, 4.69) is 10.6 Å². The van der Waals surface area contributed by atoms with Crippen molar-refractivity contribution in [3.8, 4) is 0 Å². The van der Waals surface area contributed by atoms with Crippen LogP contribution in [-0.4, -0.2) is 35.5 Å². The third-order valence-electron chi connectivity index (χ3n) is 2.10. The van der Waals surface area contributed by atoms with Crippen molar-refractivity contribution in [2.24, 2.45) is 0 Å². The number of hydrogen-bond acceptors (Lipinski definition) is 3. The molecule has 0 saturated carbocycles. The molecule has 1 unspecified atom stereocenters. The predicted octanol–water partition coefficient (Wildman–Crippen LogP) is 0.470. The second-order valence-corrected chi connectivity index (χ2v) is 3.49. The summed E-state index contributed by atoms with van der Waals surface area (Å²) >= 11 is 0. The SMILES string of the molecule is Cc1ccccc1NC(=O)NCC(O)CO. The lowest BCUT2D eigenvalue weighted by Gasteiger charge is -2.11. The minimum Gasteiger partial charge on any atom is -0.394 e. The molecule has 0 bridgehead atoms. The van der Waals surface area contributed by atoms with E-state index in [1.54, 1.807) is 6.07 Å². The van der Waals surface area contributed by atoms with Gasteiger partial charge in [0.05, 0.1) is 12.7 Å². The molecule has 1 aromatic carbocycles. The van der Waals surface area contributed by atoms with Gasteiger partial charge in [0, 0.05) is 12.2 Å². The second-order valence-electron chi connectivity index (χ2n) is 3.49. The molecule has 0 aromatic heterocycles. The summed E-state index contributed by atoms with van der Waals surface area (Å²) in [5.74, 6) is 0. The van der Waals surface area contributed by atoms with Gasteiger partial charge in [0.1, 0.15) is 0 Å². The second kappa shape index (κ2) is 6.09. The lowest BCUT2D eigenvalue weighted by Crippen LogP contribution is -2.36. The van der Waals surface area contributed by atoms with Gasteiger partial charge in [-0.05, 0) is 18.6 Å². The van der Waals surface area contributed by atoms with Crippen molar-refractivity contribution in [1.82, 2.24) is 5.32 Å². The van der Waals surface area contributed by atoms with Crippen LogP contribution in [0.3, 0.4) is 0 Å². The molecule has 5 nitrogen and oxygen atoms in total. The Morgan fingerprint density at radius 3 is 2.75 bits per heavy atom. The zero-order chi connectivity index (χ0) is 12.0. The van der Waals surface area contributed by atoms with Crippen molar-refractivity contribution < 1.29 is 15.0 Å². The Hall–Kier alpha value is -1.59. The summed E-state index contributed by atoms with van der Waals surface area (Å²) in [5, 5.41) is 22.7. The maximum absolute atomic E-state index is 11.4. The van der Waals surface area contributed by atoms with E-state index in [0.29, 0.717) is 0 Å². The molecule has 0 saturated heterocycles. The van der Waals surface area contributed by atoms with Crippen molar-refractivity contribution in [1.29, 1.82) is 0 Å². The van der Waals surface area contributed by atoms with Crippen LogP contribution in [0.1, 0.15) is 5.56 Å². The molecule has 4 N–H and O–H groups in total. The Morgan fingerprint density at radius 1 is 1.44 bits per heavy atom. The van der Waals surface area contributed by atoms with Crippen LogP contribution in [0.15, 0.2) is 24.3 Å². The van der Waals surface area contributed by atoms with Crippen LogP contribution in [0.4, 0.5) is 10.5 Å². The van der Waals surface area contributed by atoms with E-state index >= 15 is 0 Å². The van der Waals surface area contributed by atoms with Crippen molar-refractivity contribution in [3.63, 3.8) is 0 Å². The van der Waals surface area contributed by atoms with Crippen LogP contribution < -0.4 is 10.6 Å². The van der Waals surface area contributed by atoms with E-state index in [1.807, 2.05) is 25.1 Å². The Morgan fingerprint density at radius 2 is 2.12 bits per heavy atom. The molecule has 16 heavy (non-hydrogen) atoms. The van der Waals surface area contributed by atoms with Gasteiger partial charge in [-0.1, -0.05) is 18.2 Å². The highest BCUT2D eigenvalue weighted by Gasteiger charge is 2.06. The standard InChI is InChI=1S/C11H16N2O3/c1-8-4-2-3-5-10(8)13-11(16)12-6-9(15)7-14/h2-5,9,14-15H,6-7H2,1H3,(H2,12,13,16). The maximum Gasteiger partial charge on any atom is 0.319 e. The maximum atomic E-state index is 11.4. The van der Waals surface area contributed by atoms with E-state index in [9.17, 15) is 4.79 Å². The summed E-state index contributed by atoms with van der Waals surface area (Å²) in [5.41, 5.74) is 1.68. The Bertz CT molecular complexity index is 355. The molecule has 1 aromatic rings. The van der Waals surface area contributed by atoms with Crippen LogP contribution in [0.2, 0.25) is 0 Å². The van der Waals surface area contributed by atoms with Gasteiger partial charge in [-0.3, -0.25) is 0 Å². The highest BCUT2D eigenvalue weighted by atomic mass is 16.3. The van der Waals surface area contributed by atoms with Gasteiger partial charge >= 0.3 is 6.03 Å². The smallest absolute Gasteiger partial charge is 0.319 e. The number of para-hydroxylation sites is 1. The van der Waals surface area contributed by atoms with Crippen LogP contribution in [0.25, 0.3) is 0 Å². The number of aryl methyl sites for hydroxylation is 1. The van der Waals surface area contributed by atoms with Crippen LogP contribution in [0.5, 0.6) is 0 Å². The summed E-state index contributed by atoms with van der Waals surface area (Å²) in [6.07, 6.45) is -0.928. The number of carbonyl (C=O) groups excluding carboxylic acids is 1. The molecule has 0 aliphatic heterocycles. The lowest BCUT2D eigenvalue weighted by molar-refractivity contribution is 0.0965. The van der Waals surface area contributed by atoms with Crippen molar-refractivity contribution in [2.45, 2.75) is 13.0 Å². The predicted molar refractivity (Wildman–Crippen MR) is 61.3 cm³/mol. The normalized spacial score (nSPS) is 11.9. The Kier molecular flexibility index (Phi) is 4.75. The van der Waals surface area contributed by atoms with Gasteiger partial charge in [0.2, 0.25) is 0 Å². The Labute approximate surface area is 94.1 Å². The summed E-state index contributed by atoms with van der Waals surface area (Å²) in [7, 11) is 0.